The van der Waals surface area contributed by atoms with Gasteiger partial charge in [0.05, 0.1) is 6.10 Å². The summed E-state index contributed by atoms with van der Waals surface area (Å²) in [5.41, 5.74) is 0.452. The highest BCUT2D eigenvalue weighted by Gasteiger charge is 2.28. The fourth-order valence-corrected chi connectivity index (χ4v) is 2.68. The largest absolute Gasteiger partial charge is 0.393 e. The van der Waals surface area contributed by atoms with Crippen LogP contribution in [0.25, 0.3) is 0 Å². The van der Waals surface area contributed by atoms with Gasteiger partial charge in [0.15, 0.2) is 0 Å². The average molecular weight is 198 g/mol. The molecule has 0 radical (unpaired) electrons. The van der Waals surface area contributed by atoms with Crippen molar-refractivity contribution >= 4 is 0 Å². The van der Waals surface area contributed by atoms with Crippen molar-refractivity contribution in [3.8, 4) is 0 Å². The van der Waals surface area contributed by atoms with Gasteiger partial charge in [0.2, 0.25) is 0 Å². The Morgan fingerprint density at radius 1 is 1.07 bits per heavy atom. The minimum Gasteiger partial charge on any atom is -0.393 e. The number of aliphatic hydroxyl groups is 1. The van der Waals surface area contributed by atoms with Crippen LogP contribution in [0.3, 0.4) is 0 Å². The Kier molecular flexibility index (Phi) is 4.00. The highest BCUT2D eigenvalue weighted by Crippen LogP contribution is 2.38. The van der Waals surface area contributed by atoms with Crippen molar-refractivity contribution in [3.63, 3.8) is 0 Å². The van der Waals surface area contributed by atoms with Crippen LogP contribution in [0.5, 0.6) is 0 Å². The molecule has 3 unspecified atom stereocenters. The molecule has 1 fully saturated rings. The lowest BCUT2D eigenvalue weighted by molar-refractivity contribution is 0.113. The van der Waals surface area contributed by atoms with Crippen LogP contribution in [-0.4, -0.2) is 11.2 Å². The van der Waals surface area contributed by atoms with Crippen LogP contribution in [0.15, 0.2) is 0 Å². The van der Waals surface area contributed by atoms with E-state index in [0.29, 0.717) is 11.3 Å². The first-order chi connectivity index (χ1) is 6.41. The molecule has 1 aliphatic carbocycles. The first kappa shape index (κ1) is 12.0. The summed E-state index contributed by atoms with van der Waals surface area (Å²) in [7, 11) is 0. The molecule has 1 N–H and O–H groups in total. The summed E-state index contributed by atoms with van der Waals surface area (Å²) >= 11 is 0. The molecular weight excluding hydrogens is 172 g/mol. The van der Waals surface area contributed by atoms with E-state index in [4.69, 9.17) is 0 Å². The fraction of sp³-hybridized carbons (Fsp3) is 1.00. The minimum atomic E-state index is -0.103. The average Bonchev–Trinajstić information content (AvgIpc) is 2.26. The molecule has 3 atom stereocenters. The van der Waals surface area contributed by atoms with Gasteiger partial charge in [-0.3, -0.25) is 0 Å². The van der Waals surface area contributed by atoms with E-state index in [-0.39, 0.29) is 6.10 Å². The van der Waals surface area contributed by atoms with Crippen molar-refractivity contribution in [1.29, 1.82) is 0 Å². The molecule has 0 saturated heterocycles. The lowest BCUT2D eigenvalue weighted by atomic mass is 9.76. The summed E-state index contributed by atoms with van der Waals surface area (Å²) in [6.45, 7) is 8.99. The van der Waals surface area contributed by atoms with E-state index in [1.807, 2.05) is 6.92 Å². The molecule has 0 amide bonds. The minimum absolute atomic E-state index is 0.103. The van der Waals surface area contributed by atoms with Gasteiger partial charge in [-0.15, -0.1) is 0 Å². The van der Waals surface area contributed by atoms with Crippen molar-refractivity contribution in [2.45, 2.75) is 65.9 Å². The zero-order valence-electron chi connectivity index (χ0n) is 10.2. The van der Waals surface area contributed by atoms with Gasteiger partial charge in [0.25, 0.3) is 0 Å². The SMILES string of the molecule is CC(O)C1CCCC(C(C)(C)C)CC1. The number of hydrogen-bond donors (Lipinski definition) is 1. The van der Waals surface area contributed by atoms with E-state index in [2.05, 4.69) is 20.8 Å². The van der Waals surface area contributed by atoms with E-state index in [9.17, 15) is 5.11 Å². The maximum absolute atomic E-state index is 9.59. The third kappa shape index (κ3) is 3.27. The molecule has 0 spiro atoms. The molecule has 0 aromatic heterocycles. The second kappa shape index (κ2) is 4.65. The lowest BCUT2D eigenvalue weighted by Crippen LogP contribution is -2.20. The monoisotopic (exact) mass is 198 g/mol. The molecule has 1 heteroatoms. The maximum atomic E-state index is 9.59. The number of rotatable bonds is 1. The molecular formula is C13H26O. The predicted octanol–water partition coefficient (Wildman–Crippen LogP) is 3.61. The molecule has 1 saturated carbocycles. The van der Waals surface area contributed by atoms with E-state index < -0.39 is 0 Å². The Hall–Kier alpha value is -0.0400. The summed E-state index contributed by atoms with van der Waals surface area (Å²) in [6, 6.07) is 0. The van der Waals surface area contributed by atoms with Crippen molar-refractivity contribution in [2.24, 2.45) is 17.3 Å². The zero-order chi connectivity index (χ0) is 10.8. The quantitative estimate of drug-likeness (QED) is 0.638. The van der Waals surface area contributed by atoms with Gasteiger partial charge in [0, 0.05) is 0 Å². The van der Waals surface area contributed by atoms with Gasteiger partial charge < -0.3 is 5.11 Å². The molecule has 0 aromatic carbocycles. The Morgan fingerprint density at radius 3 is 2.21 bits per heavy atom. The summed E-state index contributed by atoms with van der Waals surface area (Å²) < 4.78 is 0. The molecule has 0 aromatic rings. The van der Waals surface area contributed by atoms with Gasteiger partial charge in [-0.05, 0) is 49.9 Å². The van der Waals surface area contributed by atoms with Crippen LogP contribution in [0.1, 0.15) is 59.8 Å². The summed E-state index contributed by atoms with van der Waals surface area (Å²) in [5, 5.41) is 9.59. The highest BCUT2D eigenvalue weighted by atomic mass is 16.3. The molecule has 0 heterocycles. The molecule has 1 aliphatic rings. The van der Waals surface area contributed by atoms with Crippen LogP contribution < -0.4 is 0 Å². The molecule has 14 heavy (non-hydrogen) atoms. The lowest BCUT2D eigenvalue weighted by Gasteiger charge is -2.29. The topological polar surface area (TPSA) is 20.2 Å². The van der Waals surface area contributed by atoms with Crippen LogP contribution in [0.4, 0.5) is 0 Å². The molecule has 1 rings (SSSR count). The van der Waals surface area contributed by atoms with E-state index in [1.165, 1.54) is 32.1 Å². The van der Waals surface area contributed by atoms with Gasteiger partial charge in [-0.1, -0.05) is 27.2 Å². The zero-order valence-corrected chi connectivity index (χ0v) is 10.2. The Morgan fingerprint density at radius 2 is 1.71 bits per heavy atom. The maximum Gasteiger partial charge on any atom is 0.0540 e. The Bertz CT molecular complexity index is 167. The standard InChI is InChI=1S/C13H26O/c1-10(14)11-6-5-7-12(9-8-11)13(2,3)4/h10-12,14H,5-9H2,1-4H3. The first-order valence-corrected chi connectivity index (χ1v) is 6.09. The molecule has 0 bridgehead atoms. The van der Waals surface area contributed by atoms with E-state index in [1.54, 1.807) is 0 Å². The van der Waals surface area contributed by atoms with Gasteiger partial charge >= 0.3 is 0 Å². The van der Waals surface area contributed by atoms with Gasteiger partial charge in [-0.25, -0.2) is 0 Å². The van der Waals surface area contributed by atoms with Crippen molar-refractivity contribution < 1.29 is 5.11 Å². The third-order valence-electron chi connectivity index (χ3n) is 3.92. The second-order valence-corrected chi connectivity index (χ2v) is 6.07. The summed E-state index contributed by atoms with van der Waals surface area (Å²) in [6.07, 6.45) is 6.31. The predicted molar refractivity (Wildman–Crippen MR) is 61.2 cm³/mol. The normalized spacial score (nSPS) is 32.4. The first-order valence-electron chi connectivity index (χ1n) is 6.09. The Balaban J connectivity index is 2.49. The van der Waals surface area contributed by atoms with Crippen LogP contribution in [0.2, 0.25) is 0 Å². The molecule has 0 aliphatic heterocycles. The van der Waals surface area contributed by atoms with E-state index in [0.717, 1.165) is 5.92 Å². The van der Waals surface area contributed by atoms with Gasteiger partial charge in [-0.2, -0.15) is 0 Å². The second-order valence-electron chi connectivity index (χ2n) is 6.07. The number of hydrogen-bond acceptors (Lipinski definition) is 1. The fourth-order valence-electron chi connectivity index (χ4n) is 2.68. The summed E-state index contributed by atoms with van der Waals surface area (Å²) in [5.74, 6) is 1.41. The van der Waals surface area contributed by atoms with Crippen LogP contribution in [-0.2, 0) is 0 Å². The third-order valence-corrected chi connectivity index (χ3v) is 3.92. The molecule has 84 valence electrons. The van der Waals surface area contributed by atoms with Crippen LogP contribution in [0, 0.1) is 17.3 Å². The van der Waals surface area contributed by atoms with Gasteiger partial charge in [0.1, 0.15) is 0 Å². The number of aliphatic hydroxyl groups excluding tert-OH is 1. The van der Waals surface area contributed by atoms with Crippen molar-refractivity contribution in [1.82, 2.24) is 0 Å². The summed E-state index contributed by atoms with van der Waals surface area (Å²) in [4.78, 5) is 0. The smallest absolute Gasteiger partial charge is 0.0540 e. The van der Waals surface area contributed by atoms with E-state index >= 15 is 0 Å². The van der Waals surface area contributed by atoms with Crippen molar-refractivity contribution in [3.05, 3.63) is 0 Å². The Labute approximate surface area is 88.9 Å². The highest BCUT2D eigenvalue weighted by molar-refractivity contribution is 4.80. The van der Waals surface area contributed by atoms with Crippen LogP contribution >= 0.6 is 0 Å². The molecule has 1 nitrogen and oxygen atoms in total. The van der Waals surface area contributed by atoms with Crippen molar-refractivity contribution in [2.75, 3.05) is 0 Å².